The van der Waals surface area contributed by atoms with Crippen LogP contribution in [0.1, 0.15) is 23.0 Å². The molecule has 2 aromatic carbocycles. The molecular formula is C19H17FN2O4. The summed E-state index contributed by atoms with van der Waals surface area (Å²) < 4.78 is 24.8. The molecule has 0 aliphatic heterocycles. The summed E-state index contributed by atoms with van der Waals surface area (Å²) in [6.07, 6.45) is 0. The van der Waals surface area contributed by atoms with Gasteiger partial charge >= 0.3 is 0 Å². The van der Waals surface area contributed by atoms with Crippen molar-refractivity contribution >= 4 is 34.2 Å². The number of fused-ring (bicyclic) bond motifs is 1. The number of anilines is 2. The van der Waals surface area contributed by atoms with E-state index >= 15 is 0 Å². The van der Waals surface area contributed by atoms with Gasteiger partial charge in [0.2, 0.25) is 5.91 Å². The van der Waals surface area contributed by atoms with Crippen LogP contribution in [0.25, 0.3) is 11.0 Å². The second-order valence-corrected chi connectivity index (χ2v) is 5.75. The lowest BCUT2D eigenvalue weighted by Gasteiger charge is -2.08. The van der Waals surface area contributed by atoms with E-state index in [1.165, 1.54) is 19.1 Å². The van der Waals surface area contributed by atoms with E-state index in [2.05, 4.69) is 10.6 Å². The van der Waals surface area contributed by atoms with E-state index in [9.17, 15) is 14.0 Å². The predicted octanol–water partition coefficient (Wildman–Crippen LogP) is 4.10. The molecule has 0 spiro atoms. The van der Waals surface area contributed by atoms with Crippen LogP contribution < -0.4 is 15.4 Å². The normalized spacial score (nSPS) is 10.6. The Morgan fingerprint density at radius 1 is 1.12 bits per heavy atom. The standard InChI is InChI=1S/C19H17FN2O4/c1-10-14-9-13(25-3)5-7-17(14)26-18(10)19(24)22-16-8-12(21-11(2)23)4-6-15(16)20/h4-9H,1-3H3,(H,21,23)(H,22,24). The van der Waals surface area contributed by atoms with Crippen molar-refractivity contribution in [3.8, 4) is 5.75 Å². The van der Waals surface area contributed by atoms with Crippen LogP contribution in [0.5, 0.6) is 5.75 Å². The molecular weight excluding hydrogens is 339 g/mol. The first-order valence-electron chi connectivity index (χ1n) is 7.84. The lowest BCUT2D eigenvalue weighted by Crippen LogP contribution is -2.14. The molecule has 7 heteroatoms. The van der Waals surface area contributed by atoms with Crippen molar-refractivity contribution in [1.82, 2.24) is 0 Å². The molecule has 6 nitrogen and oxygen atoms in total. The molecule has 0 fully saturated rings. The molecule has 26 heavy (non-hydrogen) atoms. The molecule has 134 valence electrons. The highest BCUT2D eigenvalue weighted by molar-refractivity contribution is 6.07. The lowest BCUT2D eigenvalue weighted by molar-refractivity contribution is -0.114. The maximum Gasteiger partial charge on any atom is 0.291 e. The smallest absolute Gasteiger partial charge is 0.291 e. The van der Waals surface area contributed by atoms with Crippen LogP contribution in [0.4, 0.5) is 15.8 Å². The Morgan fingerprint density at radius 2 is 1.88 bits per heavy atom. The molecule has 0 unspecified atom stereocenters. The Kier molecular flexibility index (Phi) is 4.62. The highest BCUT2D eigenvalue weighted by Crippen LogP contribution is 2.29. The summed E-state index contributed by atoms with van der Waals surface area (Å²) in [5.41, 5.74) is 1.47. The topological polar surface area (TPSA) is 80.6 Å². The number of furan rings is 1. The van der Waals surface area contributed by atoms with E-state index < -0.39 is 11.7 Å². The number of benzene rings is 2. The number of methoxy groups -OCH3 is 1. The van der Waals surface area contributed by atoms with E-state index in [-0.39, 0.29) is 17.4 Å². The summed E-state index contributed by atoms with van der Waals surface area (Å²) in [4.78, 5) is 23.7. The highest BCUT2D eigenvalue weighted by Gasteiger charge is 2.19. The number of rotatable bonds is 4. The molecule has 1 heterocycles. The Morgan fingerprint density at radius 3 is 2.58 bits per heavy atom. The van der Waals surface area contributed by atoms with Crippen molar-refractivity contribution < 1.29 is 23.1 Å². The van der Waals surface area contributed by atoms with Crippen molar-refractivity contribution in [2.75, 3.05) is 17.7 Å². The van der Waals surface area contributed by atoms with Gasteiger partial charge in [0, 0.05) is 23.6 Å². The van der Waals surface area contributed by atoms with Crippen LogP contribution in [0, 0.1) is 12.7 Å². The average Bonchev–Trinajstić information content (AvgIpc) is 2.93. The minimum absolute atomic E-state index is 0.0568. The van der Waals surface area contributed by atoms with Gasteiger partial charge < -0.3 is 19.8 Å². The number of carbonyl (C=O) groups is 2. The number of aryl methyl sites for hydroxylation is 1. The molecule has 0 atom stereocenters. The van der Waals surface area contributed by atoms with Crippen LogP contribution in [0.2, 0.25) is 0 Å². The molecule has 0 aliphatic rings. The lowest BCUT2D eigenvalue weighted by atomic mass is 10.1. The van der Waals surface area contributed by atoms with Gasteiger partial charge in [-0.3, -0.25) is 9.59 Å². The largest absolute Gasteiger partial charge is 0.497 e. The van der Waals surface area contributed by atoms with E-state index in [0.29, 0.717) is 22.6 Å². The molecule has 1 aromatic heterocycles. The molecule has 0 bridgehead atoms. The molecule has 2 amide bonds. The van der Waals surface area contributed by atoms with Crippen LogP contribution in [-0.2, 0) is 4.79 Å². The van der Waals surface area contributed by atoms with Crippen molar-refractivity contribution in [1.29, 1.82) is 0 Å². The fraction of sp³-hybridized carbons (Fsp3) is 0.158. The first-order chi connectivity index (χ1) is 12.4. The van der Waals surface area contributed by atoms with E-state index in [0.717, 1.165) is 11.5 Å². The molecule has 3 aromatic rings. The number of hydrogen-bond donors (Lipinski definition) is 2. The van der Waals surface area contributed by atoms with Gasteiger partial charge in [0.15, 0.2) is 5.76 Å². The zero-order valence-electron chi connectivity index (χ0n) is 14.5. The number of ether oxygens (including phenoxy) is 1. The SMILES string of the molecule is COc1ccc2oc(C(=O)Nc3cc(NC(C)=O)ccc3F)c(C)c2c1. The molecule has 0 saturated heterocycles. The summed E-state index contributed by atoms with van der Waals surface area (Å²) in [6.45, 7) is 3.08. The van der Waals surface area contributed by atoms with Crippen molar-refractivity contribution in [2.45, 2.75) is 13.8 Å². The van der Waals surface area contributed by atoms with Gasteiger partial charge in [0.05, 0.1) is 12.8 Å². The Balaban J connectivity index is 1.92. The molecule has 0 saturated carbocycles. The van der Waals surface area contributed by atoms with E-state index in [1.54, 1.807) is 32.2 Å². The first-order valence-corrected chi connectivity index (χ1v) is 7.84. The fourth-order valence-electron chi connectivity index (χ4n) is 2.62. The Bertz CT molecular complexity index is 1010. The summed E-state index contributed by atoms with van der Waals surface area (Å²) in [6, 6.07) is 9.11. The van der Waals surface area contributed by atoms with Crippen LogP contribution in [-0.4, -0.2) is 18.9 Å². The van der Waals surface area contributed by atoms with Gasteiger partial charge in [0.1, 0.15) is 17.1 Å². The minimum Gasteiger partial charge on any atom is -0.497 e. The van der Waals surface area contributed by atoms with E-state index in [4.69, 9.17) is 9.15 Å². The molecule has 0 aliphatic carbocycles. The third-order valence-electron chi connectivity index (χ3n) is 3.88. The summed E-state index contributed by atoms with van der Waals surface area (Å²) in [5.74, 6) is -0.782. The molecule has 2 N–H and O–H groups in total. The van der Waals surface area contributed by atoms with Crippen LogP contribution >= 0.6 is 0 Å². The zero-order chi connectivity index (χ0) is 18.8. The summed E-state index contributed by atoms with van der Waals surface area (Å²) in [5, 5.41) is 5.75. The highest BCUT2D eigenvalue weighted by atomic mass is 19.1. The second-order valence-electron chi connectivity index (χ2n) is 5.75. The van der Waals surface area contributed by atoms with E-state index in [1.807, 2.05) is 0 Å². The van der Waals surface area contributed by atoms with Crippen molar-refractivity contribution in [3.63, 3.8) is 0 Å². The third-order valence-corrected chi connectivity index (χ3v) is 3.88. The number of nitrogens with one attached hydrogen (secondary N) is 2. The average molecular weight is 356 g/mol. The first kappa shape index (κ1) is 17.5. The molecule has 3 rings (SSSR count). The Hall–Kier alpha value is -3.35. The van der Waals surface area contributed by atoms with Gasteiger partial charge in [-0.2, -0.15) is 0 Å². The maximum atomic E-state index is 14.0. The van der Waals surface area contributed by atoms with Gasteiger partial charge in [-0.15, -0.1) is 0 Å². The summed E-state index contributed by atoms with van der Waals surface area (Å²) >= 11 is 0. The fourth-order valence-corrected chi connectivity index (χ4v) is 2.62. The van der Waals surface area contributed by atoms with Crippen LogP contribution in [0.3, 0.4) is 0 Å². The van der Waals surface area contributed by atoms with Crippen LogP contribution in [0.15, 0.2) is 40.8 Å². The van der Waals surface area contributed by atoms with Gasteiger partial charge in [0.25, 0.3) is 5.91 Å². The second kappa shape index (κ2) is 6.87. The predicted molar refractivity (Wildman–Crippen MR) is 96.2 cm³/mol. The summed E-state index contributed by atoms with van der Waals surface area (Å²) in [7, 11) is 1.55. The van der Waals surface area contributed by atoms with Gasteiger partial charge in [-0.1, -0.05) is 0 Å². The number of hydrogen-bond acceptors (Lipinski definition) is 4. The van der Waals surface area contributed by atoms with Crippen molar-refractivity contribution in [3.05, 3.63) is 53.5 Å². The zero-order valence-corrected chi connectivity index (χ0v) is 14.5. The Labute approximate surface area is 148 Å². The number of carbonyl (C=O) groups excluding carboxylic acids is 2. The minimum atomic E-state index is -0.622. The maximum absolute atomic E-state index is 14.0. The third kappa shape index (κ3) is 3.37. The van der Waals surface area contributed by atoms with Crippen molar-refractivity contribution in [2.24, 2.45) is 0 Å². The number of amides is 2. The quantitative estimate of drug-likeness (QED) is 0.737. The monoisotopic (exact) mass is 356 g/mol. The molecule has 0 radical (unpaired) electrons. The number of halogens is 1. The van der Waals surface area contributed by atoms with Gasteiger partial charge in [-0.25, -0.2) is 4.39 Å². The van der Waals surface area contributed by atoms with Gasteiger partial charge in [-0.05, 0) is 43.3 Å².